The molecular weight excluding hydrogens is 282 g/mol. The van der Waals surface area contributed by atoms with Gasteiger partial charge in [0.15, 0.2) is 11.5 Å². The fraction of sp³-hybridized carbons (Fsp3) is 0.538. The third kappa shape index (κ3) is 4.96. The molecule has 0 aliphatic rings. The molecule has 0 saturated heterocycles. The molecule has 0 unspecified atom stereocenters. The van der Waals surface area contributed by atoms with E-state index in [0.717, 1.165) is 41.9 Å². The van der Waals surface area contributed by atoms with E-state index < -0.39 is 0 Å². The van der Waals surface area contributed by atoms with Crippen LogP contribution in [0.1, 0.15) is 19.8 Å². The van der Waals surface area contributed by atoms with Gasteiger partial charge in [-0.2, -0.15) is 0 Å². The second-order valence-corrected chi connectivity index (χ2v) is 4.53. The van der Waals surface area contributed by atoms with Gasteiger partial charge in [0, 0.05) is 0 Å². The summed E-state index contributed by atoms with van der Waals surface area (Å²) in [6, 6.07) is 5.79. The quantitative estimate of drug-likeness (QED) is 0.748. The maximum absolute atomic E-state index is 5.74. The highest BCUT2D eigenvalue weighted by Crippen LogP contribution is 2.34. The molecule has 0 radical (unpaired) electrons. The van der Waals surface area contributed by atoms with E-state index in [1.807, 2.05) is 18.2 Å². The fourth-order valence-corrected chi connectivity index (χ4v) is 1.96. The van der Waals surface area contributed by atoms with E-state index in [4.69, 9.17) is 9.47 Å². The Bertz CT molecular complexity index is 331. The Morgan fingerprint density at radius 3 is 2.82 bits per heavy atom. The van der Waals surface area contributed by atoms with Crippen LogP contribution in [-0.4, -0.2) is 26.8 Å². The summed E-state index contributed by atoms with van der Waals surface area (Å²) in [6.07, 6.45) is 2.16. The van der Waals surface area contributed by atoms with E-state index in [0.29, 0.717) is 6.61 Å². The number of unbranched alkanes of at least 4 members (excludes halogenated alkanes) is 1. The molecule has 0 spiro atoms. The van der Waals surface area contributed by atoms with Gasteiger partial charge in [-0.05, 0) is 54.0 Å². The van der Waals surface area contributed by atoms with Gasteiger partial charge in [0.05, 0.1) is 18.2 Å². The Morgan fingerprint density at radius 2 is 2.12 bits per heavy atom. The van der Waals surface area contributed by atoms with Crippen LogP contribution in [0.15, 0.2) is 22.7 Å². The van der Waals surface area contributed by atoms with Gasteiger partial charge in [-0.15, -0.1) is 0 Å². The van der Waals surface area contributed by atoms with Crippen molar-refractivity contribution >= 4 is 15.9 Å². The van der Waals surface area contributed by atoms with Crippen LogP contribution in [0.2, 0.25) is 0 Å². The average Bonchev–Trinajstić information content (AvgIpc) is 2.35. The van der Waals surface area contributed by atoms with Crippen molar-refractivity contribution in [2.75, 3.05) is 26.8 Å². The summed E-state index contributed by atoms with van der Waals surface area (Å²) >= 11 is 3.46. The minimum absolute atomic E-state index is 0.713. The van der Waals surface area contributed by atoms with Crippen LogP contribution in [0.25, 0.3) is 0 Å². The Hall–Kier alpha value is -0.740. The van der Waals surface area contributed by atoms with Crippen molar-refractivity contribution in [2.24, 2.45) is 0 Å². The first-order valence-corrected chi connectivity index (χ1v) is 6.75. The van der Waals surface area contributed by atoms with Gasteiger partial charge in [0.25, 0.3) is 0 Å². The largest absolute Gasteiger partial charge is 0.493 e. The smallest absolute Gasteiger partial charge is 0.175 e. The SMILES string of the molecule is CCNCCCCOc1c(Br)cccc1OC. The fourth-order valence-electron chi connectivity index (χ4n) is 1.49. The summed E-state index contributed by atoms with van der Waals surface area (Å²) in [5, 5.41) is 3.29. The van der Waals surface area contributed by atoms with Crippen molar-refractivity contribution in [3.63, 3.8) is 0 Å². The number of hydrogen-bond donors (Lipinski definition) is 1. The van der Waals surface area contributed by atoms with Crippen LogP contribution >= 0.6 is 15.9 Å². The molecule has 0 aliphatic carbocycles. The number of para-hydroxylation sites is 1. The zero-order valence-corrected chi connectivity index (χ0v) is 12.0. The lowest BCUT2D eigenvalue weighted by Gasteiger charge is -2.12. The molecule has 0 aromatic heterocycles. The summed E-state index contributed by atoms with van der Waals surface area (Å²) in [5.74, 6) is 1.56. The van der Waals surface area contributed by atoms with Gasteiger partial charge in [-0.1, -0.05) is 13.0 Å². The molecule has 1 aromatic rings. The van der Waals surface area contributed by atoms with Crippen molar-refractivity contribution in [3.05, 3.63) is 22.7 Å². The molecule has 1 N–H and O–H groups in total. The van der Waals surface area contributed by atoms with Crippen molar-refractivity contribution in [3.8, 4) is 11.5 Å². The van der Waals surface area contributed by atoms with E-state index in [1.165, 1.54) is 0 Å². The number of nitrogens with one attached hydrogen (secondary N) is 1. The van der Waals surface area contributed by atoms with Crippen LogP contribution in [-0.2, 0) is 0 Å². The third-order valence-corrected chi connectivity index (χ3v) is 3.02. The average molecular weight is 302 g/mol. The standard InChI is InChI=1S/C13H20BrNO2/c1-3-15-9-4-5-10-17-13-11(14)7-6-8-12(13)16-2/h6-8,15H,3-5,9-10H2,1-2H3. The van der Waals surface area contributed by atoms with E-state index in [-0.39, 0.29) is 0 Å². The molecule has 0 heterocycles. The zero-order valence-electron chi connectivity index (χ0n) is 10.5. The first kappa shape index (κ1) is 14.3. The lowest BCUT2D eigenvalue weighted by molar-refractivity contribution is 0.284. The van der Waals surface area contributed by atoms with Crippen LogP contribution in [0.4, 0.5) is 0 Å². The van der Waals surface area contributed by atoms with Gasteiger partial charge in [0.2, 0.25) is 0 Å². The third-order valence-electron chi connectivity index (χ3n) is 2.40. The molecule has 1 rings (SSSR count). The molecule has 4 heteroatoms. The van der Waals surface area contributed by atoms with Crippen LogP contribution in [0.3, 0.4) is 0 Å². The lowest BCUT2D eigenvalue weighted by atomic mass is 10.3. The molecule has 96 valence electrons. The Kier molecular flexibility index (Phi) is 7.05. The Balaban J connectivity index is 2.35. The van der Waals surface area contributed by atoms with Crippen molar-refractivity contribution in [1.29, 1.82) is 0 Å². The second kappa shape index (κ2) is 8.37. The number of hydrogen-bond acceptors (Lipinski definition) is 3. The van der Waals surface area contributed by atoms with Crippen molar-refractivity contribution < 1.29 is 9.47 Å². The van der Waals surface area contributed by atoms with Crippen LogP contribution in [0.5, 0.6) is 11.5 Å². The Morgan fingerprint density at radius 1 is 1.29 bits per heavy atom. The Labute approximate surface area is 112 Å². The van der Waals surface area contributed by atoms with Gasteiger partial charge < -0.3 is 14.8 Å². The van der Waals surface area contributed by atoms with Gasteiger partial charge in [-0.3, -0.25) is 0 Å². The first-order valence-electron chi connectivity index (χ1n) is 5.95. The maximum Gasteiger partial charge on any atom is 0.175 e. The monoisotopic (exact) mass is 301 g/mol. The molecule has 1 aromatic carbocycles. The molecule has 0 saturated carbocycles. The molecular formula is C13H20BrNO2. The predicted octanol–water partition coefficient (Wildman–Crippen LogP) is 3.23. The zero-order chi connectivity index (χ0) is 12.5. The van der Waals surface area contributed by atoms with E-state index >= 15 is 0 Å². The molecule has 0 fully saturated rings. The minimum atomic E-state index is 0.713. The molecule has 0 amide bonds. The lowest BCUT2D eigenvalue weighted by Crippen LogP contribution is -2.14. The van der Waals surface area contributed by atoms with E-state index in [1.54, 1.807) is 7.11 Å². The molecule has 3 nitrogen and oxygen atoms in total. The van der Waals surface area contributed by atoms with E-state index in [9.17, 15) is 0 Å². The van der Waals surface area contributed by atoms with Crippen LogP contribution in [0, 0.1) is 0 Å². The van der Waals surface area contributed by atoms with Gasteiger partial charge in [-0.25, -0.2) is 0 Å². The van der Waals surface area contributed by atoms with Crippen LogP contribution < -0.4 is 14.8 Å². The van der Waals surface area contributed by atoms with Gasteiger partial charge >= 0.3 is 0 Å². The molecule has 0 atom stereocenters. The molecule has 0 aliphatic heterocycles. The van der Waals surface area contributed by atoms with Crippen molar-refractivity contribution in [2.45, 2.75) is 19.8 Å². The van der Waals surface area contributed by atoms with Crippen molar-refractivity contribution in [1.82, 2.24) is 5.32 Å². The number of benzene rings is 1. The predicted molar refractivity (Wildman–Crippen MR) is 74.0 cm³/mol. The number of halogens is 1. The summed E-state index contributed by atoms with van der Waals surface area (Å²) in [4.78, 5) is 0. The first-order chi connectivity index (χ1) is 8.29. The second-order valence-electron chi connectivity index (χ2n) is 3.68. The van der Waals surface area contributed by atoms with E-state index in [2.05, 4.69) is 28.2 Å². The number of rotatable bonds is 8. The highest BCUT2D eigenvalue weighted by molar-refractivity contribution is 9.10. The van der Waals surface area contributed by atoms with Gasteiger partial charge in [0.1, 0.15) is 0 Å². The summed E-state index contributed by atoms with van der Waals surface area (Å²) < 4.78 is 11.9. The number of methoxy groups -OCH3 is 1. The number of ether oxygens (including phenoxy) is 2. The normalized spacial score (nSPS) is 10.3. The summed E-state index contributed by atoms with van der Waals surface area (Å²) in [5.41, 5.74) is 0. The molecule has 0 bridgehead atoms. The maximum atomic E-state index is 5.74. The highest BCUT2D eigenvalue weighted by atomic mass is 79.9. The summed E-state index contributed by atoms with van der Waals surface area (Å²) in [7, 11) is 1.65. The highest BCUT2D eigenvalue weighted by Gasteiger charge is 2.07. The molecule has 17 heavy (non-hydrogen) atoms. The summed E-state index contributed by atoms with van der Waals surface area (Å²) in [6.45, 7) is 4.90. The topological polar surface area (TPSA) is 30.5 Å². The minimum Gasteiger partial charge on any atom is -0.493 e.